The van der Waals surface area contributed by atoms with Crippen molar-refractivity contribution in [3.8, 4) is 11.4 Å². The third kappa shape index (κ3) is 7.01. The second-order valence-electron chi connectivity index (χ2n) is 10.8. The highest BCUT2D eigenvalue weighted by molar-refractivity contribution is 7.99. The number of carbonyl (C=O) groups is 2. The molecule has 0 atom stereocenters. The van der Waals surface area contributed by atoms with Crippen LogP contribution in [0.25, 0.3) is 11.4 Å². The number of thioether (sulfide) groups is 1. The SMILES string of the molecule is Cn1c(SCC(=O)N(CC(=O)NC2CCCCC2)c2ccc(F)cc2)nnc1-c1ccc(C(C)(C)C)cc1. The molecule has 1 heterocycles. The van der Waals surface area contributed by atoms with Gasteiger partial charge in [0, 0.05) is 24.3 Å². The molecule has 0 saturated heterocycles. The molecule has 1 saturated carbocycles. The van der Waals surface area contributed by atoms with Gasteiger partial charge in [0.1, 0.15) is 12.4 Å². The summed E-state index contributed by atoms with van der Waals surface area (Å²) in [4.78, 5) is 27.6. The first-order chi connectivity index (χ1) is 18.1. The summed E-state index contributed by atoms with van der Waals surface area (Å²) < 4.78 is 15.4. The molecule has 0 aliphatic heterocycles. The Bertz CT molecular complexity index is 1250. The average Bonchev–Trinajstić information content (AvgIpc) is 3.26. The number of benzene rings is 2. The third-order valence-electron chi connectivity index (χ3n) is 6.88. The Balaban J connectivity index is 1.44. The summed E-state index contributed by atoms with van der Waals surface area (Å²) in [7, 11) is 1.87. The van der Waals surface area contributed by atoms with Crippen LogP contribution in [-0.4, -0.2) is 44.9 Å². The van der Waals surface area contributed by atoms with Crippen LogP contribution in [0.1, 0.15) is 58.4 Å². The van der Waals surface area contributed by atoms with Gasteiger partial charge in [-0.15, -0.1) is 10.2 Å². The van der Waals surface area contributed by atoms with E-state index in [1.54, 1.807) is 0 Å². The van der Waals surface area contributed by atoms with Crippen LogP contribution >= 0.6 is 11.8 Å². The van der Waals surface area contributed by atoms with Crippen molar-refractivity contribution in [3.63, 3.8) is 0 Å². The van der Waals surface area contributed by atoms with E-state index in [2.05, 4.69) is 48.4 Å². The van der Waals surface area contributed by atoms with Crippen LogP contribution in [0.2, 0.25) is 0 Å². The summed E-state index contributed by atoms with van der Waals surface area (Å²) >= 11 is 1.26. The Morgan fingerprint density at radius 1 is 1.03 bits per heavy atom. The van der Waals surface area contributed by atoms with Crippen LogP contribution in [-0.2, 0) is 22.1 Å². The van der Waals surface area contributed by atoms with Crippen molar-refractivity contribution < 1.29 is 14.0 Å². The van der Waals surface area contributed by atoms with Gasteiger partial charge in [-0.1, -0.05) is 76.1 Å². The molecule has 2 amide bonds. The van der Waals surface area contributed by atoms with Crippen molar-refractivity contribution in [2.45, 2.75) is 69.5 Å². The fourth-order valence-corrected chi connectivity index (χ4v) is 5.41. The Morgan fingerprint density at radius 3 is 2.32 bits per heavy atom. The molecule has 1 aliphatic rings. The molecular weight excluding hydrogens is 501 g/mol. The molecule has 3 aromatic rings. The average molecular weight is 538 g/mol. The Labute approximate surface area is 228 Å². The highest BCUT2D eigenvalue weighted by Gasteiger charge is 2.23. The van der Waals surface area contributed by atoms with Gasteiger partial charge in [-0.05, 0) is 48.1 Å². The minimum absolute atomic E-state index is 0.0586. The molecule has 1 aliphatic carbocycles. The van der Waals surface area contributed by atoms with Gasteiger partial charge in [-0.3, -0.25) is 9.59 Å². The van der Waals surface area contributed by atoms with E-state index in [1.165, 1.54) is 52.9 Å². The zero-order chi connectivity index (χ0) is 27.3. The van der Waals surface area contributed by atoms with Crippen LogP contribution < -0.4 is 10.2 Å². The fraction of sp³-hybridized carbons (Fsp3) is 0.448. The summed E-state index contributed by atoms with van der Waals surface area (Å²) in [5.74, 6) is -0.103. The number of nitrogens with zero attached hydrogens (tertiary/aromatic N) is 4. The first kappa shape index (κ1) is 27.8. The largest absolute Gasteiger partial charge is 0.352 e. The minimum atomic E-state index is -0.399. The number of rotatable bonds is 8. The van der Waals surface area contributed by atoms with Gasteiger partial charge in [0.05, 0.1) is 5.75 Å². The van der Waals surface area contributed by atoms with Crippen LogP contribution in [0.4, 0.5) is 10.1 Å². The lowest BCUT2D eigenvalue weighted by Crippen LogP contribution is -2.45. The number of hydrogen-bond acceptors (Lipinski definition) is 5. The van der Waals surface area contributed by atoms with Gasteiger partial charge in [-0.25, -0.2) is 4.39 Å². The molecule has 202 valence electrons. The van der Waals surface area contributed by atoms with E-state index >= 15 is 0 Å². The molecule has 0 bridgehead atoms. The molecule has 0 spiro atoms. The number of anilines is 1. The van der Waals surface area contributed by atoms with E-state index in [-0.39, 0.29) is 35.6 Å². The molecule has 1 fully saturated rings. The molecule has 2 aromatic carbocycles. The monoisotopic (exact) mass is 537 g/mol. The van der Waals surface area contributed by atoms with Gasteiger partial charge in [0.15, 0.2) is 11.0 Å². The zero-order valence-electron chi connectivity index (χ0n) is 22.5. The van der Waals surface area contributed by atoms with Crippen molar-refractivity contribution >= 4 is 29.3 Å². The number of carbonyl (C=O) groups excluding carboxylic acids is 2. The van der Waals surface area contributed by atoms with E-state index < -0.39 is 5.82 Å². The van der Waals surface area contributed by atoms with Crippen molar-refractivity contribution in [1.82, 2.24) is 20.1 Å². The zero-order valence-corrected chi connectivity index (χ0v) is 23.4. The number of halogens is 1. The minimum Gasteiger partial charge on any atom is -0.352 e. The van der Waals surface area contributed by atoms with Gasteiger partial charge in [0.25, 0.3) is 0 Å². The highest BCUT2D eigenvalue weighted by atomic mass is 32.2. The van der Waals surface area contributed by atoms with E-state index in [9.17, 15) is 14.0 Å². The fourth-order valence-electron chi connectivity index (χ4n) is 4.62. The maximum absolute atomic E-state index is 13.6. The summed E-state index contributed by atoms with van der Waals surface area (Å²) in [6.45, 7) is 6.40. The lowest BCUT2D eigenvalue weighted by molar-refractivity contribution is -0.123. The molecule has 38 heavy (non-hydrogen) atoms. The van der Waals surface area contributed by atoms with Crippen LogP contribution in [0.15, 0.2) is 53.7 Å². The molecule has 1 N–H and O–H groups in total. The van der Waals surface area contributed by atoms with Crippen molar-refractivity contribution in [2.24, 2.45) is 7.05 Å². The Morgan fingerprint density at radius 2 is 1.68 bits per heavy atom. The lowest BCUT2D eigenvalue weighted by atomic mass is 9.87. The predicted molar refractivity (Wildman–Crippen MR) is 150 cm³/mol. The Hall–Kier alpha value is -3.20. The first-order valence-corrected chi connectivity index (χ1v) is 14.1. The van der Waals surface area contributed by atoms with E-state index in [0.717, 1.165) is 31.2 Å². The van der Waals surface area contributed by atoms with E-state index in [0.29, 0.717) is 16.7 Å². The molecule has 4 rings (SSSR count). The maximum Gasteiger partial charge on any atom is 0.240 e. The molecule has 0 unspecified atom stereocenters. The smallest absolute Gasteiger partial charge is 0.240 e. The van der Waals surface area contributed by atoms with E-state index in [4.69, 9.17) is 0 Å². The number of nitrogens with one attached hydrogen (secondary N) is 1. The summed E-state index contributed by atoms with van der Waals surface area (Å²) in [6.07, 6.45) is 5.31. The molecular formula is C29H36FN5O2S. The molecule has 7 nitrogen and oxygen atoms in total. The van der Waals surface area contributed by atoms with Crippen LogP contribution in [0, 0.1) is 5.82 Å². The topological polar surface area (TPSA) is 80.1 Å². The van der Waals surface area contributed by atoms with Crippen molar-refractivity contribution in [3.05, 3.63) is 59.9 Å². The first-order valence-electron chi connectivity index (χ1n) is 13.1. The third-order valence-corrected chi connectivity index (χ3v) is 7.89. The van der Waals surface area contributed by atoms with Crippen LogP contribution in [0.5, 0.6) is 0 Å². The highest BCUT2D eigenvalue weighted by Crippen LogP contribution is 2.27. The summed E-state index contributed by atoms with van der Waals surface area (Å²) in [5, 5.41) is 12.3. The van der Waals surface area contributed by atoms with Gasteiger partial charge < -0.3 is 14.8 Å². The van der Waals surface area contributed by atoms with Crippen molar-refractivity contribution in [1.29, 1.82) is 0 Å². The summed E-state index contributed by atoms with van der Waals surface area (Å²) in [6, 6.07) is 14.0. The Kier molecular flexibility index (Phi) is 8.87. The normalized spacial score (nSPS) is 14.3. The number of aromatic nitrogens is 3. The van der Waals surface area contributed by atoms with E-state index in [1.807, 2.05) is 23.7 Å². The van der Waals surface area contributed by atoms with Gasteiger partial charge >= 0.3 is 0 Å². The molecule has 1 aromatic heterocycles. The lowest BCUT2D eigenvalue weighted by Gasteiger charge is -2.26. The predicted octanol–water partition coefficient (Wildman–Crippen LogP) is 5.49. The number of hydrogen-bond donors (Lipinski definition) is 1. The second kappa shape index (κ2) is 12.1. The maximum atomic E-state index is 13.6. The summed E-state index contributed by atoms with van der Waals surface area (Å²) in [5.41, 5.74) is 2.72. The van der Waals surface area contributed by atoms with Gasteiger partial charge in [0.2, 0.25) is 11.8 Å². The van der Waals surface area contributed by atoms with Crippen LogP contribution in [0.3, 0.4) is 0 Å². The van der Waals surface area contributed by atoms with Crippen molar-refractivity contribution in [2.75, 3.05) is 17.2 Å². The quantitative estimate of drug-likeness (QED) is 0.384. The second-order valence-corrected chi connectivity index (χ2v) is 11.8. The molecule has 0 radical (unpaired) electrons. The van der Waals surface area contributed by atoms with Gasteiger partial charge in [-0.2, -0.15) is 0 Å². The number of amides is 2. The molecule has 9 heteroatoms. The standard InChI is InChI=1S/C29H36FN5O2S/c1-29(2,3)21-12-10-20(11-13-21)27-32-33-28(34(27)4)38-19-26(37)35(24-16-14-22(30)15-17-24)18-25(36)31-23-8-6-5-7-9-23/h10-17,23H,5-9,18-19H2,1-4H3,(H,31,36).